The lowest BCUT2D eigenvalue weighted by Crippen LogP contribution is -2.23. The molecule has 4 nitrogen and oxygen atoms in total. The van der Waals surface area contributed by atoms with E-state index in [1.807, 2.05) is 37.3 Å². The second kappa shape index (κ2) is 4.61. The summed E-state index contributed by atoms with van der Waals surface area (Å²) in [4.78, 5) is 12.0. The van der Waals surface area contributed by atoms with Gasteiger partial charge in [-0.05, 0) is 25.1 Å². The van der Waals surface area contributed by atoms with Gasteiger partial charge in [-0.15, -0.1) is 0 Å². The Morgan fingerprint density at radius 2 is 2.00 bits per heavy atom. The zero-order valence-electron chi connectivity index (χ0n) is 9.05. The highest BCUT2D eigenvalue weighted by atomic mass is 16.1. The van der Waals surface area contributed by atoms with Crippen LogP contribution in [0.3, 0.4) is 0 Å². The summed E-state index contributed by atoms with van der Waals surface area (Å²) in [6, 6.07) is 11.1. The first-order valence-electron chi connectivity index (χ1n) is 5.20. The average molecular weight is 215 g/mol. The fourth-order valence-electron chi connectivity index (χ4n) is 1.49. The molecule has 82 valence electrons. The summed E-state index contributed by atoms with van der Waals surface area (Å²) in [5.41, 5.74) is 1.21. The Hall–Kier alpha value is -2.10. The summed E-state index contributed by atoms with van der Waals surface area (Å²) in [5.74, 6) is 0. The van der Waals surface area contributed by atoms with Crippen molar-refractivity contribution in [3.63, 3.8) is 0 Å². The number of aromatic nitrogens is 2. The van der Waals surface area contributed by atoms with E-state index in [0.717, 1.165) is 5.69 Å². The maximum atomic E-state index is 12.0. The van der Waals surface area contributed by atoms with Crippen LogP contribution in [-0.2, 0) is 0 Å². The van der Waals surface area contributed by atoms with Crippen LogP contribution in [0.25, 0.3) is 5.69 Å². The van der Waals surface area contributed by atoms with E-state index in [1.165, 1.54) is 4.68 Å². The Kier molecular flexibility index (Phi) is 3.00. The molecule has 1 N–H and O–H groups in total. The minimum absolute atomic E-state index is 0.129. The molecule has 0 bridgehead atoms. The normalized spacial score (nSPS) is 10.1. The zero-order chi connectivity index (χ0) is 11.4. The average Bonchev–Trinajstić information content (AvgIpc) is 2.33. The first kappa shape index (κ1) is 10.4. The predicted octanol–water partition coefficient (Wildman–Crippen LogP) is 1.66. The number of hydrogen-bond acceptors (Lipinski definition) is 3. The van der Waals surface area contributed by atoms with E-state index >= 15 is 0 Å². The van der Waals surface area contributed by atoms with E-state index in [4.69, 9.17) is 0 Å². The van der Waals surface area contributed by atoms with E-state index in [9.17, 15) is 4.79 Å². The van der Waals surface area contributed by atoms with Crippen LogP contribution in [0, 0.1) is 0 Å². The molecule has 1 heterocycles. The molecule has 16 heavy (non-hydrogen) atoms. The van der Waals surface area contributed by atoms with Gasteiger partial charge in [0, 0.05) is 6.54 Å². The molecule has 0 radical (unpaired) electrons. The van der Waals surface area contributed by atoms with Crippen molar-refractivity contribution in [3.05, 3.63) is 52.9 Å². The molecule has 4 heteroatoms. The maximum absolute atomic E-state index is 12.0. The molecule has 1 aromatic heterocycles. The number of anilines is 1. The number of para-hydroxylation sites is 1. The molecule has 2 rings (SSSR count). The van der Waals surface area contributed by atoms with Gasteiger partial charge in [0.2, 0.25) is 0 Å². The molecule has 0 aliphatic heterocycles. The highest BCUT2D eigenvalue weighted by molar-refractivity contribution is 5.42. The molecular weight excluding hydrogens is 202 g/mol. The predicted molar refractivity (Wildman–Crippen MR) is 64.0 cm³/mol. The standard InChI is InChI=1S/C12H13N3O/c1-2-13-11-8-9-14-15(12(11)16)10-6-4-3-5-7-10/h3-9,13H,2H2,1H3. The van der Waals surface area contributed by atoms with E-state index in [0.29, 0.717) is 12.2 Å². The quantitative estimate of drug-likeness (QED) is 0.847. The molecule has 2 aromatic rings. The summed E-state index contributed by atoms with van der Waals surface area (Å²) in [6.45, 7) is 2.67. The number of benzene rings is 1. The Balaban J connectivity index is 2.51. The molecule has 0 atom stereocenters. The molecule has 0 fully saturated rings. The van der Waals surface area contributed by atoms with Gasteiger partial charge in [-0.3, -0.25) is 4.79 Å². The summed E-state index contributed by atoms with van der Waals surface area (Å²) in [6.07, 6.45) is 1.62. The fourth-order valence-corrected chi connectivity index (χ4v) is 1.49. The maximum Gasteiger partial charge on any atom is 0.294 e. The second-order valence-electron chi connectivity index (χ2n) is 3.33. The fraction of sp³-hybridized carbons (Fsp3) is 0.167. The highest BCUT2D eigenvalue weighted by Crippen LogP contribution is 2.04. The van der Waals surface area contributed by atoms with Crippen molar-refractivity contribution in [3.8, 4) is 5.69 Å². The monoisotopic (exact) mass is 215 g/mol. The molecule has 0 spiro atoms. The summed E-state index contributed by atoms with van der Waals surface area (Å²) in [5, 5.41) is 7.07. The smallest absolute Gasteiger partial charge is 0.294 e. The molecule has 0 aliphatic carbocycles. The van der Waals surface area contributed by atoms with Crippen LogP contribution in [0.4, 0.5) is 5.69 Å². The van der Waals surface area contributed by atoms with Gasteiger partial charge in [0.25, 0.3) is 5.56 Å². The van der Waals surface area contributed by atoms with E-state index in [2.05, 4.69) is 10.4 Å². The van der Waals surface area contributed by atoms with Crippen LogP contribution in [0.5, 0.6) is 0 Å². The van der Waals surface area contributed by atoms with Crippen LogP contribution in [0.15, 0.2) is 47.4 Å². The van der Waals surface area contributed by atoms with Gasteiger partial charge in [0.15, 0.2) is 0 Å². The summed E-state index contributed by atoms with van der Waals surface area (Å²) in [7, 11) is 0. The van der Waals surface area contributed by atoms with Gasteiger partial charge in [0.1, 0.15) is 5.69 Å². The van der Waals surface area contributed by atoms with Gasteiger partial charge >= 0.3 is 0 Å². The van der Waals surface area contributed by atoms with E-state index < -0.39 is 0 Å². The van der Waals surface area contributed by atoms with Crippen LogP contribution < -0.4 is 10.9 Å². The molecule has 0 amide bonds. The van der Waals surface area contributed by atoms with Gasteiger partial charge in [-0.25, -0.2) is 0 Å². The Labute approximate surface area is 93.5 Å². The first-order chi connectivity index (χ1) is 7.83. The molecule has 0 saturated carbocycles. The lowest BCUT2D eigenvalue weighted by molar-refractivity contribution is 0.807. The highest BCUT2D eigenvalue weighted by Gasteiger charge is 2.04. The Morgan fingerprint density at radius 3 is 2.69 bits per heavy atom. The van der Waals surface area contributed by atoms with E-state index in [-0.39, 0.29) is 5.56 Å². The topological polar surface area (TPSA) is 46.9 Å². The number of hydrogen-bond donors (Lipinski definition) is 1. The third kappa shape index (κ3) is 1.95. The van der Waals surface area contributed by atoms with Gasteiger partial charge in [0.05, 0.1) is 11.9 Å². The zero-order valence-corrected chi connectivity index (χ0v) is 9.05. The first-order valence-corrected chi connectivity index (χ1v) is 5.20. The van der Waals surface area contributed by atoms with Crippen molar-refractivity contribution in [2.75, 3.05) is 11.9 Å². The Morgan fingerprint density at radius 1 is 1.25 bits per heavy atom. The number of nitrogens with one attached hydrogen (secondary N) is 1. The number of nitrogens with zero attached hydrogens (tertiary/aromatic N) is 2. The van der Waals surface area contributed by atoms with Crippen molar-refractivity contribution in [2.45, 2.75) is 6.92 Å². The van der Waals surface area contributed by atoms with Crippen LogP contribution >= 0.6 is 0 Å². The second-order valence-corrected chi connectivity index (χ2v) is 3.33. The van der Waals surface area contributed by atoms with Crippen LogP contribution in [0.1, 0.15) is 6.92 Å². The number of rotatable bonds is 3. The lowest BCUT2D eigenvalue weighted by Gasteiger charge is -2.06. The van der Waals surface area contributed by atoms with Gasteiger partial charge in [-0.2, -0.15) is 9.78 Å². The lowest BCUT2D eigenvalue weighted by atomic mass is 10.3. The Bertz CT molecular complexity index is 519. The minimum atomic E-state index is -0.129. The third-order valence-corrected chi connectivity index (χ3v) is 2.21. The van der Waals surface area contributed by atoms with Crippen molar-refractivity contribution in [1.29, 1.82) is 0 Å². The molecule has 0 aliphatic rings. The van der Waals surface area contributed by atoms with E-state index in [1.54, 1.807) is 12.3 Å². The van der Waals surface area contributed by atoms with Crippen LogP contribution in [-0.4, -0.2) is 16.3 Å². The minimum Gasteiger partial charge on any atom is -0.381 e. The molecule has 0 saturated heterocycles. The summed E-state index contributed by atoms with van der Waals surface area (Å²) >= 11 is 0. The van der Waals surface area contributed by atoms with Gasteiger partial charge in [-0.1, -0.05) is 18.2 Å². The van der Waals surface area contributed by atoms with Crippen molar-refractivity contribution >= 4 is 5.69 Å². The van der Waals surface area contributed by atoms with Gasteiger partial charge < -0.3 is 5.32 Å². The third-order valence-electron chi connectivity index (χ3n) is 2.21. The molecular formula is C12H13N3O. The molecule has 1 aromatic carbocycles. The SMILES string of the molecule is CCNc1ccnn(-c2ccccc2)c1=O. The molecule has 0 unspecified atom stereocenters. The summed E-state index contributed by atoms with van der Waals surface area (Å²) < 4.78 is 1.39. The van der Waals surface area contributed by atoms with Crippen molar-refractivity contribution < 1.29 is 0 Å². The van der Waals surface area contributed by atoms with Crippen molar-refractivity contribution in [2.24, 2.45) is 0 Å². The van der Waals surface area contributed by atoms with Crippen LogP contribution in [0.2, 0.25) is 0 Å². The largest absolute Gasteiger partial charge is 0.381 e. The van der Waals surface area contributed by atoms with Crippen molar-refractivity contribution in [1.82, 2.24) is 9.78 Å².